The van der Waals surface area contributed by atoms with Crippen molar-refractivity contribution >= 4 is 23.2 Å². The molecule has 0 saturated carbocycles. The third kappa shape index (κ3) is 5.62. The molecular weight excluding hydrogens is 393 g/mol. The SMILES string of the molecule is CCC(NC(C)C(=O)Nc1ccc(Cl)cc1C(F)(F)F)c1ccc(OC)cc1. The standard InChI is InChI=1S/C20H22ClF3N2O2/c1-4-17(13-5-8-15(28-3)9-6-13)25-12(2)19(27)26-18-10-7-14(21)11-16(18)20(22,23)24/h5-12,17,25H,4H2,1-3H3,(H,26,27). The molecule has 4 nitrogen and oxygen atoms in total. The molecule has 0 bridgehead atoms. The minimum absolute atomic E-state index is 0.0537. The summed E-state index contributed by atoms with van der Waals surface area (Å²) in [6.45, 7) is 3.55. The van der Waals surface area contributed by atoms with Gasteiger partial charge in [-0.1, -0.05) is 30.7 Å². The number of carbonyl (C=O) groups is 1. The fourth-order valence-corrected chi connectivity index (χ4v) is 2.94. The molecule has 0 heterocycles. The van der Waals surface area contributed by atoms with Gasteiger partial charge in [-0.15, -0.1) is 0 Å². The van der Waals surface area contributed by atoms with E-state index in [4.69, 9.17) is 16.3 Å². The highest BCUT2D eigenvalue weighted by molar-refractivity contribution is 6.30. The number of halogens is 4. The number of ether oxygens (including phenoxy) is 1. The number of hydrogen-bond donors (Lipinski definition) is 2. The van der Waals surface area contributed by atoms with Crippen molar-refractivity contribution in [3.8, 4) is 5.75 Å². The van der Waals surface area contributed by atoms with E-state index in [2.05, 4.69) is 10.6 Å². The average Bonchev–Trinajstić information content (AvgIpc) is 2.66. The Labute approximate surface area is 167 Å². The Kier molecular flexibility index (Phi) is 7.32. The summed E-state index contributed by atoms with van der Waals surface area (Å²) in [6.07, 6.45) is -3.93. The molecule has 0 aliphatic heterocycles. The van der Waals surface area contributed by atoms with Crippen LogP contribution in [0.25, 0.3) is 0 Å². The van der Waals surface area contributed by atoms with Gasteiger partial charge in [0.2, 0.25) is 5.91 Å². The first-order valence-electron chi connectivity index (χ1n) is 8.73. The molecule has 2 aromatic rings. The third-order valence-electron chi connectivity index (χ3n) is 4.32. The lowest BCUT2D eigenvalue weighted by Gasteiger charge is -2.23. The van der Waals surface area contributed by atoms with Crippen LogP contribution in [0.2, 0.25) is 5.02 Å². The molecule has 0 aliphatic carbocycles. The predicted octanol–water partition coefficient (Wildman–Crippen LogP) is 5.44. The zero-order valence-electron chi connectivity index (χ0n) is 15.7. The summed E-state index contributed by atoms with van der Waals surface area (Å²) in [6, 6.07) is 9.77. The average molecular weight is 415 g/mol. The molecule has 0 spiro atoms. The van der Waals surface area contributed by atoms with E-state index in [-0.39, 0.29) is 16.8 Å². The van der Waals surface area contributed by atoms with E-state index in [9.17, 15) is 18.0 Å². The first-order valence-corrected chi connectivity index (χ1v) is 9.11. The highest BCUT2D eigenvalue weighted by Gasteiger charge is 2.34. The van der Waals surface area contributed by atoms with Gasteiger partial charge in [0.1, 0.15) is 5.75 Å². The number of anilines is 1. The predicted molar refractivity (Wildman–Crippen MR) is 104 cm³/mol. The Hall–Kier alpha value is -2.25. The summed E-state index contributed by atoms with van der Waals surface area (Å²) < 4.78 is 44.7. The Balaban J connectivity index is 2.11. The van der Waals surface area contributed by atoms with Gasteiger partial charge < -0.3 is 10.1 Å². The Morgan fingerprint density at radius 3 is 2.36 bits per heavy atom. The monoisotopic (exact) mass is 414 g/mol. The molecule has 0 aromatic heterocycles. The Morgan fingerprint density at radius 2 is 1.82 bits per heavy atom. The van der Waals surface area contributed by atoms with E-state index in [0.717, 1.165) is 17.7 Å². The summed E-state index contributed by atoms with van der Waals surface area (Å²) in [5, 5.41) is 5.44. The van der Waals surface area contributed by atoms with E-state index in [1.165, 1.54) is 6.07 Å². The number of rotatable bonds is 7. The second-order valence-electron chi connectivity index (χ2n) is 6.30. The van der Waals surface area contributed by atoms with E-state index in [1.54, 1.807) is 14.0 Å². The Morgan fingerprint density at radius 1 is 1.18 bits per heavy atom. The lowest BCUT2D eigenvalue weighted by molar-refractivity contribution is -0.137. The van der Waals surface area contributed by atoms with E-state index >= 15 is 0 Å². The lowest BCUT2D eigenvalue weighted by Crippen LogP contribution is -2.40. The number of benzene rings is 2. The van der Waals surface area contributed by atoms with Gasteiger partial charge in [0.25, 0.3) is 0 Å². The summed E-state index contributed by atoms with van der Waals surface area (Å²) in [4.78, 5) is 12.5. The van der Waals surface area contributed by atoms with Gasteiger partial charge in [0.15, 0.2) is 0 Å². The lowest BCUT2D eigenvalue weighted by atomic mass is 10.0. The highest BCUT2D eigenvalue weighted by atomic mass is 35.5. The maximum atomic E-state index is 13.2. The Bertz CT molecular complexity index is 810. The zero-order chi connectivity index (χ0) is 20.9. The minimum atomic E-state index is -4.63. The van der Waals surface area contributed by atoms with Crippen molar-refractivity contribution in [1.82, 2.24) is 5.32 Å². The molecule has 2 atom stereocenters. The van der Waals surface area contributed by atoms with E-state index < -0.39 is 23.7 Å². The van der Waals surface area contributed by atoms with Gasteiger partial charge in [-0.2, -0.15) is 13.2 Å². The largest absolute Gasteiger partial charge is 0.497 e. The molecule has 1 amide bonds. The molecule has 0 aliphatic rings. The number of methoxy groups -OCH3 is 1. The highest BCUT2D eigenvalue weighted by Crippen LogP contribution is 2.36. The van der Waals surface area contributed by atoms with Crippen LogP contribution in [0.3, 0.4) is 0 Å². The van der Waals surface area contributed by atoms with Gasteiger partial charge in [0.05, 0.1) is 24.4 Å². The van der Waals surface area contributed by atoms with Gasteiger partial charge >= 0.3 is 6.18 Å². The van der Waals surface area contributed by atoms with Crippen LogP contribution in [0.15, 0.2) is 42.5 Å². The van der Waals surface area contributed by atoms with Gasteiger partial charge in [-0.3, -0.25) is 10.1 Å². The molecule has 8 heteroatoms. The normalized spacial score (nSPS) is 13.7. The molecule has 2 aromatic carbocycles. The van der Waals surface area contributed by atoms with Gasteiger partial charge in [-0.25, -0.2) is 0 Å². The summed E-state index contributed by atoms with van der Waals surface area (Å²) in [5.41, 5.74) is -0.360. The van der Waals surface area contributed by atoms with Crippen molar-refractivity contribution in [2.24, 2.45) is 0 Å². The van der Waals surface area contributed by atoms with Crippen LogP contribution in [-0.2, 0) is 11.0 Å². The second kappa shape index (κ2) is 9.30. The number of alkyl halides is 3. The van der Waals surface area contributed by atoms with Crippen LogP contribution in [0.5, 0.6) is 5.75 Å². The maximum Gasteiger partial charge on any atom is 0.418 e. The van der Waals surface area contributed by atoms with Crippen LogP contribution >= 0.6 is 11.6 Å². The molecular formula is C20H22ClF3N2O2. The number of hydrogen-bond acceptors (Lipinski definition) is 3. The van der Waals surface area contributed by atoms with Crippen LogP contribution in [0.1, 0.15) is 37.4 Å². The number of nitrogens with one attached hydrogen (secondary N) is 2. The van der Waals surface area contributed by atoms with Crippen LogP contribution in [-0.4, -0.2) is 19.1 Å². The zero-order valence-corrected chi connectivity index (χ0v) is 16.5. The van der Waals surface area contributed by atoms with Crippen molar-refractivity contribution in [1.29, 1.82) is 0 Å². The van der Waals surface area contributed by atoms with Crippen LogP contribution in [0.4, 0.5) is 18.9 Å². The van der Waals surface area contributed by atoms with Crippen molar-refractivity contribution in [2.45, 2.75) is 38.5 Å². The molecule has 2 unspecified atom stereocenters. The van der Waals surface area contributed by atoms with E-state index in [1.807, 2.05) is 31.2 Å². The third-order valence-corrected chi connectivity index (χ3v) is 4.55. The fraction of sp³-hybridized carbons (Fsp3) is 0.350. The maximum absolute atomic E-state index is 13.2. The quantitative estimate of drug-likeness (QED) is 0.634. The van der Waals surface area contributed by atoms with Crippen molar-refractivity contribution < 1.29 is 22.7 Å². The number of amides is 1. The van der Waals surface area contributed by atoms with Crippen molar-refractivity contribution in [3.05, 3.63) is 58.6 Å². The van der Waals surface area contributed by atoms with Gasteiger partial charge in [0, 0.05) is 11.1 Å². The van der Waals surface area contributed by atoms with E-state index in [0.29, 0.717) is 12.2 Å². The summed E-state index contributed by atoms with van der Waals surface area (Å²) in [7, 11) is 1.57. The topological polar surface area (TPSA) is 50.4 Å². The summed E-state index contributed by atoms with van der Waals surface area (Å²) >= 11 is 5.67. The molecule has 2 N–H and O–H groups in total. The molecule has 28 heavy (non-hydrogen) atoms. The number of carbonyl (C=O) groups excluding carboxylic acids is 1. The van der Waals surface area contributed by atoms with Crippen molar-refractivity contribution in [3.63, 3.8) is 0 Å². The second-order valence-corrected chi connectivity index (χ2v) is 6.74. The van der Waals surface area contributed by atoms with Gasteiger partial charge in [-0.05, 0) is 49.2 Å². The fourth-order valence-electron chi connectivity index (χ4n) is 2.76. The summed E-state index contributed by atoms with van der Waals surface area (Å²) in [5.74, 6) is 0.145. The molecule has 152 valence electrons. The molecule has 0 saturated heterocycles. The van der Waals surface area contributed by atoms with Crippen LogP contribution in [0, 0.1) is 0 Å². The smallest absolute Gasteiger partial charge is 0.418 e. The first kappa shape index (κ1) is 22.0. The molecule has 0 fully saturated rings. The molecule has 0 radical (unpaired) electrons. The molecule has 2 rings (SSSR count). The first-order chi connectivity index (χ1) is 13.2. The minimum Gasteiger partial charge on any atom is -0.497 e. The van der Waals surface area contributed by atoms with Crippen LogP contribution < -0.4 is 15.4 Å². The van der Waals surface area contributed by atoms with Crippen molar-refractivity contribution in [2.75, 3.05) is 12.4 Å².